The van der Waals surface area contributed by atoms with E-state index < -0.39 is 10.0 Å². The minimum Gasteiger partial charge on any atom is -0.378 e. The number of morpholine rings is 1. The van der Waals surface area contributed by atoms with Gasteiger partial charge in [0.05, 0.1) is 24.3 Å². The number of hydrogen-bond donors (Lipinski definition) is 0. The molecule has 5 rings (SSSR count). The number of carbonyl (C=O) groups excluding carboxylic acids is 1. The van der Waals surface area contributed by atoms with Crippen molar-refractivity contribution < 1.29 is 17.9 Å². The Morgan fingerprint density at radius 3 is 2.73 bits per heavy atom. The van der Waals surface area contributed by atoms with Crippen molar-refractivity contribution in [1.29, 1.82) is 0 Å². The minimum absolute atomic E-state index is 0.0837. The van der Waals surface area contributed by atoms with Gasteiger partial charge < -0.3 is 9.64 Å². The molecular weight excluding hydrogens is 442 g/mol. The van der Waals surface area contributed by atoms with Crippen LogP contribution in [0.4, 0.5) is 0 Å². The van der Waals surface area contributed by atoms with Crippen LogP contribution in [0.3, 0.4) is 0 Å². The number of aromatic nitrogens is 3. The normalized spacial score (nSPS) is 21.8. The number of rotatable bonds is 6. The van der Waals surface area contributed by atoms with Crippen molar-refractivity contribution in [3.05, 3.63) is 41.2 Å². The van der Waals surface area contributed by atoms with Crippen LogP contribution in [0.1, 0.15) is 53.7 Å². The third-order valence-corrected chi connectivity index (χ3v) is 8.94. The molecule has 0 bridgehead atoms. The summed E-state index contributed by atoms with van der Waals surface area (Å²) in [6.07, 6.45) is 8.12. The van der Waals surface area contributed by atoms with Gasteiger partial charge in [-0.2, -0.15) is 4.31 Å². The van der Waals surface area contributed by atoms with E-state index in [4.69, 9.17) is 4.74 Å². The number of hydrogen-bond acceptors (Lipinski definition) is 6. The van der Waals surface area contributed by atoms with Crippen LogP contribution in [0.5, 0.6) is 0 Å². The molecule has 10 heteroatoms. The fourth-order valence-corrected chi connectivity index (χ4v) is 6.91. The van der Waals surface area contributed by atoms with E-state index in [1.807, 2.05) is 12.1 Å². The van der Waals surface area contributed by atoms with Crippen molar-refractivity contribution in [2.75, 3.05) is 32.8 Å². The standard InChI is InChI=1S/C23H31N5O4S/c29-23(26-12-14-32-15-13-26)22-17-27(25-24-22)11-9-20-6-1-2-10-28(20)33(30,31)21-8-7-18-4-3-5-19(18)16-21/h7-8,16-17,20H,1-6,9-15H2. The maximum absolute atomic E-state index is 13.5. The fourth-order valence-electron chi connectivity index (χ4n) is 5.14. The molecule has 0 saturated carbocycles. The molecule has 3 heterocycles. The highest BCUT2D eigenvalue weighted by atomic mass is 32.2. The van der Waals surface area contributed by atoms with Crippen molar-refractivity contribution in [3.63, 3.8) is 0 Å². The minimum atomic E-state index is -3.54. The Kier molecular flexibility index (Phi) is 6.49. The zero-order valence-corrected chi connectivity index (χ0v) is 19.7. The van der Waals surface area contributed by atoms with Crippen LogP contribution in [0, 0.1) is 0 Å². The summed E-state index contributed by atoms with van der Waals surface area (Å²) in [5.41, 5.74) is 2.77. The quantitative estimate of drug-likeness (QED) is 0.635. The van der Waals surface area contributed by atoms with Gasteiger partial charge in [0.25, 0.3) is 5.91 Å². The van der Waals surface area contributed by atoms with Crippen molar-refractivity contribution in [3.8, 4) is 0 Å². The molecule has 0 N–H and O–H groups in total. The number of fused-ring (bicyclic) bond motifs is 1. The van der Waals surface area contributed by atoms with Crippen LogP contribution >= 0.6 is 0 Å². The molecule has 2 saturated heterocycles. The number of nitrogens with zero attached hydrogens (tertiary/aromatic N) is 5. The molecule has 9 nitrogen and oxygen atoms in total. The number of benzene rings is 1. The third kappa shape index (κ3) is 4.69. The molecule has 2 fully saturated rings. The zero-order valence-electron chi connectivity index (χ0n) is 18.9. The summed E-state index contributed by atoms with van der Waals surface area (Å²) in [5, 5.41) is 8.17. The van der Waals surface area contributed by atoms with E-state index in [1.165, 1.54) is 11.1 Å². The lowest BCUT2D eigenvalue weighted by Gasteiger charge is -2.34. The maximum Gasteiger partial charge on any atom is 0.276 e. The van der Waals surface area contributed by atoms with Gasteiger partial charge in [0, 0.05) is 32.2 Å². The van der Waals surface area contributed by atoms with Crippen LogP contribution in [-0.2, 0) is 34.1 Å². The summed E-state index contributed by atoms with van der Waals surface area (Å²) in [6.45, 7) is 3.26. The summed E-state index contributed by atoms with van der Waals surface area (Å²) >= 11 is 0. The number of amides is 1. The summed E-state index contributed by atoms with van der Waals surface area (Å²) in [6, 6.07) is 5.55. The smallest absolute Gasteiger partial charge is 0.276 e. The largest absolute Gasteiger partial charge is 0.378 e. The Bertz CT molecular complexity index is 1110. The Morgan fingerprint density at radius 1 is 1.06 bits per heavy atom. The van der Waals surface area contributed by atoms with Crippen LogP contribution in [0.2, 0.25) is 0 Å². The summed E-state index contributed by atoms with van der Waals surface area (Å²) in [7, 11) is -3.54. The number of ether oxygens (including phenoxy) is 1. The van der Waals surface area contributed by atoms with Crippen molar-refractivity contribution in [1.82, 2.24) is 24.2 Å². The second kappa shape index (κ2) is 9.52. The highest BCUT2D eigenvalue weighted by molar-refractivity contribution is 7.89. The first-order valence-corrected chi connectivity index (χ1v) is 13.4. The van der Waals surface area contributed by atoms with Crippen LogP contribution in [0.25, 0.3) is 0 Å². The summed E-state index contributed by atoms with van der Waals surface area (Å²) < 4.78 is 35.7. The topological polar surface area (TPSA) is 97.6 Å². The molecular formula is C23H31N5O4S. The van der Waals surface area contributed by atoms with Gasteiger partial charge in [-0.25, -0.2) is 8.42 Å². The molecule has 0 spiro atoms. The average Bonchev–Trinajstić information content (AvgIpc) is 3.52. The van der Waals surface area contributed by atoms with Crippen LogP contribution < -0.4 is 0 Å². The summed E-state index contributed by atoms with van der Waals surface area (Å²) in [4.78, 5) is 14.7. The second-order valence-corrected chi connectivity index (χ2v) is 11.0. The highest BCUT2D eigenvalue weighted by Gasteiger charge is 2.34. The van der Waals surface area contributed by atoms with E-state index in [2.05, 4.69) is 10.3 Å². The maximum atomic E-state index is 13.5. The number of piperidine rings is 1. The Hall–Kier alpha value is -2.30. The zero-order chi connectivity index (χ0) is 22.8. The average molecular weight is 474 g/mol. The summed E-state index contributed by atoms with van der Waals surface area (Å²) in [5.74, 6) is -0.136. The number of sulfonamides is 1. The molecule has 2 aliphatic heterocycles. The monoisotopic (exact) mass is 473 g/mol. The SMILES string of the molecule is O=C(c1cn(CCC2CCCCN2S(=O)(=O)c2ccc3c(c2)CCC3)nn1)N1CCOCC1. The molecule has 178 valence electrons. The van der Waals surface area contributed by atoms with Gasteiger partial charge in [-0.3, -0.25) is 9.48 Å². The number of aryl methyl sites for hydroxylation is 3. The van der Waals surface area contributed by atoms with E-state index >= 15 is 0 Å². The molecule has 1 aromatic carbocycles. The molecule has 1 aliphatic carbocycles. The number of carbonyl (C=O) groups is 1. The third-order valence-electron chi connectivity index (χ3n) is 7.00. The molecule has 2 aromatic rings. The van der Waals surface area contributed by atoms with Crippen molar-refractivity contribution >= 4 is 15.9 Å². The van der Waals surface area contributed by atoms with Gasteiger partial charge >= 0.3 is 0 Å². The highest BCUT2D eigenvalue weighted by Crippen LogP contribution is 2.30. The van der Waals surface area contributed by atoms with Gasteiger partial charge in [-0.1, -0.05) is 17.7 Å². The van der Waals surface area contributed by atoms with E-state index in [9.17, 15) is 13.2 Å². The lowest BCUT2D eigenvalue weighted by atomic mass is 10.0. The Balaban J connectivity index is 1.26. The first-order chi connectivity index (χ1) is 16.0. The molecule has 1 aromatic heterocycles. The van der Waals surface area contributed by atoms with Crippen LogP contribution in [-0.4, -0.2) is 77.4 Å². The Morgan fingerprint density at radius 2 is 1.88 bits per heavy atom. The first-order valence-electron chi connectivity index (χ1n) is 11.9. The van der Waals surface area contributed by atoms with Crippen LogP contribution in [0.15, 0.2) is 29.3 Å². The van der Waals surface area contributed by atoms with Gasteiger partial charge in [-0.05, 0) is 61.8 Å². The van der Waals surface area contributed by atoms with E-state index in [0.717, 1.165) is 38.5 Å². The molecule has 1 unspecified atom stereocenters. The molecule has 0 radical (unpaired) electrons. The first kappa shape index (κ1) is 22.5. The molecule has 3 aliphatic rings. The lowest BCUT2D eigenvalue weighted by Crippen LogP contribution is -2.44. The molecule has 33 heavy (non-hydrogen) atoms. The molecule has 1 atom stereocenters. The Labute approximate surface area is 194 Å². The predicted molar refractivity (Wildman–Crippen MR) is 121 cm³/mol. The predicted octanol–water partition coefficient (Wildman–Crippen LogP) is 1.87. The lowest BCUT2D eigenvalue weighted by molar-refractivity contribution is 0.0299. The van der Waals surface area contributed by atoms with E-state index in [-0.39, 0.29) is 11.9 Å². The fraction of sp³-hybridized carbons (Fsp3) is 0.609. The van der Waals surface area contributed by atoms with Gasteiger partial charge in [0.15, 0.2) is 5.69 Å². The van der Waals surface area contributed by atoms with Gasteiger partial charge in [-0.15, -0.1) is 5.10 Å². The molecule has 1 amide bonds. The van der Waals surface area contributed by atoms with Crippen molar-refractivity contribution in [2.45, 2.75) is 62.4 Å². The van der Waals surface area contributed by atoms with E-state index in [0.29, 0.717) is 56.4 Å². The van der Waals surface area contributed by atoms with Crippen molar-refractivity contribution in [2.24, 2.45) is 0 Å². The van der Waals surface area contributed by atoms with E-state index in [1.54, 1.807) is 26.2 Å². The second-order valence-electron chi connectivity index (χ2n) is 9.11. The van der Waals surface area contributed by atoms with Gasteiger partial charge in [0.1, 0.15) is 0 Å². The van der Waals surface area contributed by atoms with Gasteiger partial charge in [0.2, 0.25) is 10.0 Å².